The molecule has 4 heterocycles. The molecule has 0 spiro atoms. The Kier molecular flexibility index (Phi) is 3.66. The maximum absolute atomic E-state index is 13.8. The lowest BCUT2D eigenvalue weighted by molar-refractivity contribution is 0.157. The molecule has 3 aliphatic carbocycles. The monoisotopic (exact) mass is 390 g/mol. The highest BCUT2D eigenvalue weighted by Gasteiger charge is 2.36. The van der Waals surface area contributed by atoms with Gasteiger partial charge >= 0.3 is 0 Å². The van der Waals surface area contributed by atoms with Crippen LogP contribution >= 0.6 is 0 Å². The second-order valence-corrected chi connectivity index (χ2v) is 8.58. The number of aromatic nitrogens is 5. The number of anilines is 1. The molecule has 4 aromatic rings. The van der Waals surface area contributed by atoms with E-state index in [1.165, 1.54) is 44.4 Å². The smallest absolute Gasteiger partial charge is 0.166 e. The molecule has 7 rings (SSSR count). The van der Waals surface area contributed by atoms with Crippen molar-refractivity contribution in [2.75, 3.05) is 5.32 Å². The van der Waals surface area contributed by atoms with E-state index in [1.54, 1.807) is 0 Å². The van der Waals surface area contributed by atoms with Crippen molar-refractivity contribution in [3.63, 3.8) is 0 Å². The van der Waals surface area contributed by atoms with E-state index in [2.05, 4.69) is 21.4 Å². The summed E-state index contributed by atoms with van der Waals surface area (Å²) in [5.74, 6) is 2.66. The van der Waals surface area contributed by atoms with E-state index in [1.807, 2.05) is 24.0 Å². The number of H-pyrrole nitrogens is 1. The molecule has 0 radical (unpaired) electrons. The van der Waals surface area contributed by atoms with Crippen molar-refractivity contribution in [2.24, 2.45) is 18.9 Å². The highest BCUT2D eigenvalue weighted by atomic mass is 19.1. The standard InChI is InChI=1S/C22H23FN6/c1-29-7-6-15-20(26-18-8-12-2-4-13(18)5-3-12)27-21(28-22(15)29)17-11-25-19-16(17)9-14(23)10-24-19/h6-7,9-13,18H,2-5,8H2,1H3,(H,24,25)(H,26,27,28). The highest BCUT2D eigenvalue weighted by Crippen LogP contribution is 2.43. The summed E-state index contributed by atoms with van der Waals surface area (Å²) in [7, 11) is 1.99. The van der Waals surface area contributed by atoms with E-state index < -0.39 is 0 Å². The quantitative estimate of drug-likeness (QED) is 0.535. The summed E-state index contributed by atoms with van der Waals surface area (Å²) >= 11 is 0. The number of aromatic amines is 1. The van der Waals surface area contributed by atoms with Crippen LogP contribution in [-0.4, -0.2) is 30.5 Å². The second-order valence-electron chi connectivity index (χ2n) is 8.58. The van der Waals surface area contributed by atoms with Gasteiger partial charge in [-0.2, -0.15) is 0 Å². The molecule has 7 heteroatoms. The van der Waals surface area contributed by atoms with E-state index >= 15 is 0 Å². The van der Waals surface area contributed by atoms with Crippen molar-refractivity contribution >= 4 is 27.9 Å². The predicted molar refractivity (Wildman–Crippen MR) is 111 cm³/mol. The van der Waals surface area contributed by atoms with Crippen molar-refractivity contribution in [3.05, 3.63) is 36.5 Å². The van der Waals surface area contributed by atoms with Crippen LogP contribution in [0.1, 0.15) is 32.1 Å². The Bertz CT molecular complexity index is 1220. The van der Waals surface area contributed by atoms with Crippen LogP contribution in [-0.2, 0) is 7.05 Å². The summed E-state index contributed by atoms with van der Waals surface area (Å²) < 4.78 is 15.8. The van der Waals surface area contributed by atoms with Gasteiger partial charge in [0.25, 0.3) is 0 Å². The third-order valence-electron chi connectivity index (χ3n) is 6.83. The zero-order chi connectivity index (χ0) is 19.5. The fourth-order valence-corrected chi connectivity index (χ4v) is 5.26. The minimum atomic E-state index is -0.366. The topological polar surface area (TPSA) is 71.4 Å². The van der Waals surface area contributed by atoms with E-state index in [4.69, 9.17) is 9.97 Å². The van der Waals surface area contributed by atoms with E-state index in [0.29, 0.717) is 22.9 Å². The van der Waals surface area contributed by atoms with Crippen LogP contribution < -0.4 is 5.32 Å². The lowest BCUT2D eigenvalue weighted by atomic mass is 9.68. The number of nitrogens with one attached hydrogen (secondary N) is 2. The van der Waals surface area contributed by atoms with E-state index in [0.717, 1.165) is 34.3 Å². The number of aryl methyl sites for hydroxylation is 1. The lowest BCUT2D eigenvalue weighted by Gasteiger charge is -2.42. The molecule has 29 heavy (non-hydrogen) atoms. The molecule has 0 aromatic carbocycles. The highest BCUT2D eigenvalue weighted by molar-refractivity contribution is 5.95. The Morgan fingerprint density at radius 1 is 1.17 bits per heavy atom. The van der Waals surface area contributed by atoms with Crippen molar-refractivity contribution in [2.45, 2.75) is 38.1 Å². The molecule has 4 aromatic heterocycles. The Labute approximate surface area is 167 Å². The second kappa shape index (κ2) is 6.27. The molecule has 3 aliphatic rings. The fourth-order valence-electron chi connectivity index (χ4n) is 5.26. The fraction of sp³-hybridized carbons (Fsp3) is 0.409. The summed E-state index contributed by atoms with van der Waals surface area (Å²) in [6, 6.07) is 4.02. The van der Waals surface area contributed by atoms with Gasteiger partial charge in [0.1, 0.15) is 22.9 Å². The maximum Gasteiger partial charge on any atom is 0.166 e. The summed E-state index contributed by atoms with van der Waals surface area (Å²) in [6.07, 6.45) is 11.6. The molecule has 0 amide bonds. The number of nitrogens with zero attached hydrogens (tertiary/aromatic N) is 4. The number of pyridine rings is 1. The minimum absolute atomic E-state index is 0.366. The van der Waals surface area contributed by atoms with Crippen LogP contribution in [0.4, 0.5) is 10.2 Å². The number of rotatable bonds is 3. The molecule has 148 valence electrons. The SMILES string of the molecule is Cn1ccc2c(NC3CC4CCC3CC4)nc(-c3c[nH]c4ncc(F)cc34)nc21. The van der Waals surface area contributed by atoms with Gasteiger partial charge < -0.3 is 14.9 Å². The average Bonchev–Trinajstić information content (AvgIpc) is 3.32. The van der Waals surface area contributed by atoms with Gasteiger partial charge in [-0.3, -0.25) is 0 Å². The minimum Gasteiger partial charge on any atom is -0.366 e. The molecule has 0 saturated heterocycles. The number of halogens is 1. The Morgan fingerprint density at radius 2 is 2.03 bits per heavy atom. The first-order valence-corrected chi connectivity index (χ1v) is 10.4. The first-order chi connectivity index (χ1) is 14.2. The molecule has 2 bridgehead atoms. The zero-order valence-electron chi connectivity index (χ0n) is 16.3. The number of hydrogen-bond donors (Lipinski definition) is 2. The van der Waals surface area contributed by atoms with Gasteiger partial charge in [0, 0.05) is 36.4 Å². The van der Waals surface area contributed by atoms with Crippen LogP contribution in [0.25, 0.3) is 33.5 Å². The summed E-state index contributed by atoms with van der Waals surface area (Å²) in [4.78, 5) is 16.9. The molecule has 6 nitrogen and oxygen atoms in total. The first kappa shape index (κ1) is 16.9. The molecule has 2 N–H and O–H groups in total. The molecular formula is C22H23FN6. The van der Waals surface area contributed by atoms with E-state index in [-0.39, 0.29) is 5.82 Å². The summed E-state index contributed by atoms with van der Waals surface area (Å²) in [5, 5.41) is 5.49. The third kappa shape index (κ3) is 2.71. The van der Waals surface area contributed by atoms with Gasteiger partial charge in [-0.25, -0.2) is 19.3 Å². The zero-order valence-corrected chi connectivity index (χ0v) is 16.3. The predicted octanol–water partition coefficient (Wildman–Crippen LogP) is 4.64. The molecular weight excluding hydrogens is 367 g/mol. The van der Waals surface area contributed by atoms with Crippen molar-refractivity contribution < 1.29 is 4.39 Å². The molecule has 3 fully saturated rings. The molecule has 1 unspecified atom stereocenters. The van der Waals surface area contributed by atoms with Crippen LogP contribution in [0.15, 0.2) is 30.7 Å². The number of fused-ring (bicyclic) bond motifs is 5. The van der Waals surface area contributed by atoms with Gasteiger partial charge in [-0.05, 0) is 43.2 Å². The van der Waals surface area contributed by atoms with Crippen molar-refractivity contribution in [1.29, 1.82) is 0 Å². The Morgan fingerprint density at radius 3 is 2.83 bits per heavy atom. The molecule has 1 atom stereocenters. The van der Waals surface area contributed by atoms with Crippen LogP contribution in [0.2, 0.25) is 0 Å². The number of hydrogen-bond acceptors (Lipinski definition) is 4. The van der Waals surface area contributed by atoms with Crippen molar-refractivity contribution in [3.8, 4) is 11.4 Å². The van der Waals surface area contributed by atoms with Gasteiger partial charge in [0.2, 0.25) is 0 Å². The Hall–Kier alpha value is -2.96. The Balaban J connectivity index is 1.48. The molecule has 3 saturated carbocycles. The largest absolute Gasteiger partial charge is 0.366 e. The third-order valence-corrected chi connectivity index (χ3v) is 6.83. The maximum atomic E-state index is 13.8. The van der Waals surface area contributed by atoms with Crippen LogP contribution in [0.3, 0.4) is 0 Å². The summed E-state index contributed by atoms with van der Waals surface area (Å²) in [6.45, 7) is 0. The first-order valence-electron chi connectivity index (χ1n) is 10.4. The van der Waals surface area contributed by atoms with Gasteiger partial charge in [0.15, 0.2) is 5.82 Å². The van der Waals surface area contributed by atoms with Gasteiger partial charge in [-0.15, -0.1) is 0 Å². The van der Waals surface area contributed by atoms with Crippen LogP contribution in [0.5, 0.6) is 0 Å². The average molecular weight is 390 g/mol. The van der Waals surface area contributed by atoms with Crippen molar-refractivity contribution in [1.82, 2.24) is 24.5 Å². The van der Waals surface area contributed by atoms with Gasteiger partial charge in [0.05, 0.1) is 11.6 Å². The normalized spacial score (nSPS) is 23.9. The summed E-state index contributed by atoms with van der Waals surface area (Å²) in [5.41, 5.74) is 2.27. The van der Waals surface area contributed by atoms with Crippen LogP contribution in [0, 0.1) is 17.7 Å². The van der Waals surface area contributed by atoms with Gasteiger partial charge in [-0.1, -0.05) is 12.8 Å². The molecule has 0 aliphatic heterocycles. The van der Waals surface area contributed by atoms with E-state index in [9.17, 15) is 4.39 Å². The lowest BCUT2D eigenvalue weighted by Crippen LogP contribution is -2.40.